The number of rotatable bonds is 2. The van der Waals surface area contributed by atoms with Crippen molar-refractivity contribution in [3.8, 4) is 0 Å². The van der Waals surface area contributed by atoms with Gasteiger partial charge in [0.25, 0.3) is 5.91 Å². The number of hydrogen-bond acceptors (Lipinski definition) is 3. The fraction of sp³-hybridized carbons (Fsp3) is 0.467. The Morgan fingerprint density at radius 3 is 2.58 bits per heavy atom. The average Bonchev–Trinajstić information content (AvgIpc) is 2.61. The quantitative estimate of drug-likeness (QED) is 0.818. The van der Waals surface area contributed by atoms with Crippen LogP contribution in [-0.4, -0.2) is 38.9 Å². The molecule has 2 heterocycles. The van der Waals surface area contributed by atoms with E-state index in [9.17, 15) is 4.79 Å². The minimum Gasteiger partial charge on any atom is -0.353 e. The summed E-state index contributed by atoms with van der Waals surface area (Å²) in [5, 5.41) is 0. The van der Waals surface area contributed by atoms with E-state index in [0.717, 1.165) is 5.70 Å². The zero-order valence-electron chi connectivity index (χ0n) is 12.1. The first-order valence-corrected chi connectivity index (χ1v) is 6.54. The third-order valence-corrected chi connectivity index (χ3v) is 3.77. The molecule has 19 heavy (non-hydrogen) atoms. The summed E-state index contributed by atoms with van der Waals surface area (Å²) >= 11 is 0. The Hall–Kier alpha value is -1.84. The van der Waals surface area contributed by atoms with Crippen molar-refractivity contribution in [2.45, 2.75) is 39.3 Å². The van der Waals surface area contributed by atoms with Gasteiger partial charge in [-0.25, -0.2) is 0 Å². The maximum absolute atomic E-state index is 12.6. The highest BCUT2D eigenvalue weighted by Gasteiger charge is 2.44. The Balaban J connectivity index is 2.31. The van der Waals surface area contributed by atoms with Gasteiger partial charge in [-0.05, 0) is 39.8 Å². The lowest BCUT2D eigenvalue weighted by atomic mass is 10.0. The Labute approximate surface area is 114 Å². The first-order chi connectivity index (χ1) is 8.85. The summed E-state index contributed by atoms with van der Waals surface area (Å²) in [7, 11) is 0. The molecular formula is C15H21N3O. The molecule has 1 aliphatic rings. The molecule has 1 amide bonds. The van der Waals surface area contributed by atoms with Gasteiger partial charge in [-0.15, -0.1) is 0 Å². The number of carbonyl (C=O) groups is 1. The zero-order valence-corrected chi connectivity index (χ0v) is 12.1. The Morgan fingerprint density at radius 1 is 1.42 bits per heavy atom. The fourth-order valence-corrected chi connectivity index (χ4v) is 2.34. The van der Waals surface area contributed by atoms with Crippen LogP contribution in [0.1, 0.15) is 38.2 Å². The van der Waals surface area contributed by atoms with Gasteiger partial charge in [-0.1, -0.05) is 12.6 Å². The lowest BCUT2D eigenvalue weighted by molar-refractivity contribution is 0.0638. The molecule has 0 radical (unpaired) electrons. The number of pyridine rings is 1. The molecule has 0 aromatic carbocycles. The van der Waals surface area contributed by atoms with Crippen molar-refractivity contribution >= 4 is 5.91 Å². The van der Waals surface area contributed by atoms with Gasteiger partial charge in [0, 0.05) is 17.9 Å². The Morgan fingerprint density at radius 2 is 2.11 bits per heavy atom. The predicted octanol–water partition coefficient (Wildman–Crippen LogP) is 2.50. The summed E-state index contributed by atoms with van der Waals surface area (Å²) < 4.78 is 0. The molecule has 1 aromatic heterocycles. The van der Waals surface area contributed by atoms with Gasteiger partial charge >= 0.3 is 0 Å². The molecular weight excluding hydrogens is 238 g/mol. The van der Waals surface area contributed by atoms with Gasteiger partial charge < -0.3 is 9.80 Å². The van der Waals surface area contributed by atoms with E-state index in [1.807, 2.05) is 30.9 Å². The third kappa shape index (κ3) is 2.23. The SMILES string of the molecule is C=C1N(C(C)C)CN(C(=O)c2ccccn2)C1(C)C. The van der Waals surface area contributed by atoms with E-state index in [1.54, 1.807) is 12.3 Å². The molecule has 0 atom stereocenters. The number of aromatic nitrogens is 1. The van der Waals surface area contributed by atoms with Crippen LogP contribution in [0.5, 0.6) is 0 Å². The summed E-state index contributed by atoms with van der Waals surface area (Å²) in [6, 6.07) is 5.72. The van der Waals surface area contributed by atoms with E-state index in [4.69, 9.17) is 0 Å². The maximum atomic E-state index is 12.6. The first kappa shape index (κ1) is 13.6. The topological polar surface area (TPSA) is 36.4 Å². The highest BCUT2D eigenvalue weighted by Crippen LogP contribution is 2.35. The van der Waals surface area contributed by atoms with Crippen LogP contribution in [-0.2, 0) is 0 Å². The molecule has 102 valence electrons. The summed E-state index contributed by atoms with van der Waals surface area (Å²) in [4.78, 5) is 20.7. The number of hydrogen-bond donors (Lipinski definition) is 0. The monoisotopic (exact) mass is 259 g/mol. The standard InChI is InChI=1S/C15H21N3O/c1-11(2)17-10-18(15(4,5)12(17)3)14(19)13-8-6-7-9-16-13/h6-9,11H,3,10H2,1-2,4-5H3. The van der Waals surface area contributed by atoms with Crippen LogP contribution in [0.25, 0.3) is 0 Å². The van der Waals surface area contributed by atoms with E-state index in [1.165, 1.54) is 0 Å². The lowest BCUT2D eigenvalue weighted by Gasteiger charge is -2.30. The predicted molar refractivity (Wildman–Crippen MR) is 75.5 cm³/mol. The minimum absolute atomic E-state index is 0.0464. The van der Waals surface area contributed by atoms with E-state index in [2.05, 4.69) is 30.3 Å². The lowest BCUT2D eigenvalue weighted by Crippen LogP contribution is -2.43. The van der Waals surface area contributed by atoms with Crippen LogP contribution < -0.4 is 0 Å². The molecule has 2 rings (SSSR count). The molecule has 0 spiro atoms. The van der Waals surface area contributed by atoms with E-state index in [0.29, 0.717) is 18.4 Å². The molecule has 0 N–H and O–H groups in total. The fourth-order valence-electron chi connectivity index (χ4n) is 2.34. The summed E-state index contributed by atoms with van der Waals surface area (Å²) in [5.74, 6) is -0.0464. The van der Waals surface area contributed by atoms with Crippen LogP contribution in [0.3, 0.4) is 0 Å². The smallest absolute Gasteiger partial charge is 0.274 e. The second-order valence-electron chi connectivity index (χ2n) is 5.66. The second-order valence-corrected chi connectivity index (χ2v) is 5.66. The molecule has 0 saturated carbocycles. The van der Waals surface area contributed by atoms with Crippen molar-refractivity contribution in [1.82, 2.24) is 14.8 Å². The first-order valence-electron chi connectivity index (χ1n) is 6.54. The van der Waals surface area contributed by atoms with Crippen molar-refractivity contribution in [3.63, 3.8) is 0 Å². The van der Waals surface area contributed by atoms with Gasteiger partial charge in [0.2, 0.25) is 0 Å². The normalized spacial score (nSPS) is 18.3. The van der Waals surface area contributed by atoms with Gasteiger partial charge in [0.05, 0.1) is 12.2 Å². The maximum Gasteiger partial charge on any atom is 0.274 e. The Bertz CT molecular complexity index is 493. The average molecular weight is 259 g/mol. The van der Waals surface area contributed by atoms with Crippen LogP contribution >= 0.6 is 0 Å². The summed E-state index contributed by atoms with van der Waals surface area (Å²) in [6.45, 7) is 13.0. The van der Waals surface area contributed by atoms with Crippen molar-refractivity contribution in [2.75, 3.05) is 6.67 Å². The van der Waals surface area contributed by atoms with Crippen LogP contribution in [0.2, 0.25) is 0 Å². The number of nitrogens with zero attached hydrogens (tertiary/aromatic N) is 3. The summed E-state index contributed by atoms with van der Waals surface area (Å²) in [6.07, 6.45) is 1.64. The van der Waals surface area contributed by atoms with Gasteiger partial charge in [-0.3, -0.25) is 9.78 Å². The van der Waals surface area contributed by atoms with Crippen LogP contribution in [0.4, 0.5) is 0 Å². The minimum atomic E-state index is -0.376. The van der Waals surface area contributed by atoms with Crippen molar-refractivity contribution in [2.24, 2.45) is 0 Å². The van der Waals surface area contributed by atoms with Crippen LogP contribution in [0.15, 0.2) is 36.7 Å². The molecule has 0 bridgehead atoms. The molecule has 1 aromatic rings. The molecule has 1 fully saturated rings. The Kier molecular flexibility index (Phi) is 3.35. The second kappa shape index (κ2) is 4.68. The van der Waals surface area contributed by atoms with Gasteiger partial charge in [0.15, 0.2) is 0 Å². The van der Waals surface area contributed by atoms with E-state index in [-0.39, 0.29) is 11.4 Å². The van der Waals surface area contributed by atoms with Crippen LogP contribution in [0, 0.1) is 0 Å². The van der Waals surface area contributed by atoms with Crippen molar-refractivity contribution in [3.05, 3.63) is 42.4 Å². The molecule has 0 unspecified atom stereocenters. The highest BCUT2D eigenvalue weighted by atomic mass is 16.2. The zero-order chi connectivity index (χ0) is 14.2. The molecule has 4 heteroatoms. The summed E-state index contributed by atoms with van der Waals surface area (Å²) in [5.41, 5.74) is 1.08. The van der Waals surface area contributed by atoms with Gasteiger partial charge in [0.1, 0.15) is 5.69 Å². The van der Waals surface area contributed by atoms with Crippen molar-refractivity contribution in [1.29, 1.82) is 0 Å². The number of carbonyl (C=O) groups excluding carboxylic acids is 1. The van der Waals surface area contributed by atoms with E-state index >= 15 is 0 Å². The molecule has 1 saturated heterocycles. The highest BCUT2D eigenvalue weighted by molar-refractivity contribution is 5.93. The molecule has 1 aliphatic heterocycles. The molecule has 4 nitrogen and oxygen atoms in total. The largest absolute Gasteiger partial charge is 0.353 e. The third-order valence-electron chi connectivity index (χ3n) is 3.77. The van der Waals surface area contributed by atoms with Crippen molar-refractivity contribution < 1.29 is 4.79 Å². The van der Waals surface area contributed by atoms with Gasteiger partial charge in [-0.2, -0.15) is 0 Å². The number of amides is 1. The van der Waals surface area contributed by atoms with E-state index < -0.39 is 0 Å². The molecule has 0 aliphatic carbocycles.